The standard InChI is InChI=1S/C24H31N3O3/c1-29-22-10-8-21(9-11-22)25-24(28)20-6-4-19(5-7-20)17-26-12-14-27(15-13-26)18-23-3-2-16-30-23/h4-11,23H,2-3,12-18H2,1H3,(H,25,28)/t23-/m0/s1. The molecule has 2 saturated heterocycles. The van der Waals surface area contributed by atoms with Gasteiger partial charge in [-0.3, -0.25) is 14.6 Å². The van der Waals surface area contributed by atoms with E-state index in [0.717, 1.165) is 57.3 Å². The lowest BCUT2D eigenvalue weighted by Crippen LogP contribution is -2.48. The predicted molar refractivity (Wildman–Crippen MR) is 118 cm³/mol. The number of nitrogens with zero attached hydrogens (tertiary/aromatic N) is 2. The molecule has 0 spiro atoms. The predicted octanol–water partition coefficient (Wildman–Crippen LogP) is 3.24. The van der Waals surface area contributed by atoms with Crippen molar-refractivity contribution in [1.82, 2.24) is 9.80 Å². The van der Waals surface area contributed by atoms with E-state index >= 15 is 0 Å². The minimum Gasteiger partial charge on any atom is -0.497 e. The quantitative estimate of drug-likeness (QED) is 0.761. The lowest BCUT2D eigenvalue weighted by Gasteiger charge is -2.35. The minimum absolute atomic E-state index is 0.102. The molecule has 1 N–H and O–H groups in total. The molecule has 0 aliphatic carbocycles. The molecule has 4 rings (SSSR count). The normalized spacial score (nSPS) is 20.2. The van der Waals surface area contributed by atoms with E-state index in [1.54, 1.807) is 7.11 Å². The highest BCUT2D eigenvalue weighted by molar-refractivity contribution is 6.04. The number of nitrogens with one attached hydrogen (secondary N) is 1. The fraction of sp³-hybridized carbons (Fsp3) is 0.458. The topological polar surface area (TPSA) is 54.0 Å². The summed E-state index contributed by atoms with van der Waals surface area (Å²) in [6.45, 7) is 7.28. The molecule has 2 aromatic rings. The number of amides is 1. The van der Waals surface area contributed by atoms with Gasteiger partial charge in [0.25, 0.3) is 5.91 Å². The maximum atomic E-state index is 12.5. The van der Waals surface area contributed by atoms with Crippen molar-refractivity contribution in [1.29, 1.82) is 0 Å². The Kier molecular flexibility index (Phi) is 7.00. The molecule has 0 unspecified atom stereocenters. The van der Waals surface area contributed by atoms with Gasteiger partial charge in [0.15, 0.2) is 0 Å². The number of benzene rings is 2. The second kappa shape index (κ2) is 10.1. The Bertz CT molecular complexity index is 809. The highest BCUT2D eigenvalue weighted by Crippen LogP contribution is 2.17. The van der Waals surface area contributed by atoms with Gasteiger partial charge in [0, 0.05) is 57.1 Å². The smallest absolute Gasteiger partial charge is 0.255 e. The van der Waals surface area contributed by atoms with Gasteiger partial charge in [0.1, 0.15) is 5.75 Å². The van der Waals surface area contributed by atoms with E-state index in [4.69, 9.17) is 9.47 Å². The Balaban J connectivity index is 1.23. The maximum Gasteiger partial charge on any atom is 0.255 e. The molecule has 0 radical (unpaired) electrons. The molecule has 0 saturated carbocycles. The van der Waals surface area contributed by atoms with Gasteiger partial charge < -0.3 is 14.8 Å². The van der Waals surface area contributed by atoms with Crippen molar-refractivity contribution in [3.8, 4) is 5.75 Å². The molecule has 160 valence electrons. The highest BCUT2D eigenvalue weighted by Gasteiger charge is 2.22. The highest BCUT2D eigenvalue weighted by atomic mass is 16.5. The Hall–Kier alpha value is -2.41. The summed E-state index contributed by atoms with van der Waals surface area (Å²) in [5.74, 6) is 0.666. The second-order valence-corrected chi connectivity index (χ2v) is 8.09. The minimum atomic E-state index is -0.102. The van der Waals surface area contributed by atoms with Crippen LogP contribution in [0.5, 0.6) is 5.75 Å². The van der Waals surface area contributed by atoms with Crippen molar-refractivity contribution in [3.05, 3.63) is 59.7 Å². The summed E-state index contributed by atoms with van der Waals surface area (Å²) in [7, 11) is 1.63. The molecule has 6 nitrogen and oxygen atoms in total. The molecule has 0 aromatic heterocycles. The number of hydrogen-bond donors (Lipinski definition) is 1. The Morgan fingerprint density at radius 3 is 2.37 bits per heavy atom. The lowest BCUT2D eigenvalue weighted by atomic mass is 10.1. The van der Waals surface area contributed by atoms with E-state index in [-0.39, 0.29) is 5.91 Å². The first-order valence-corrected chi connectivity index (χ1v) is 10.8. The molecule has 2 aliphatic heterocycles. The zero-order valence-electron chi connectivity index (χ0n) is 17.7. The van der Waals surface area contributed by atoms with E-state index in [2.05, 4.69) is 27.2 Å². The molecule has 6 heteroatoms. The molecular weight excluding hydrogens is 378 g/mol. The van der Waals surface area contributed by atoms with Crippen LogP contribution < -0.4 is 10.1 Å². The zero-order chi connectivity index (χ0) is 20.8. The summed E-state index contributed by atoms with van der Waals surface area (Å²) in [6, 6.07) is 15.3. The van der Waals surface area contributed by atoms with Gasteiger partial charge in [0.2, 0.25) is 0 Å². The average Bonchev–Trinajstić information content (AvgIpc) is 3.29. The molecule has 2 heterocycles. The maximum absolute atomic E-state index is 12.5. The van der Waals surface area contributed by atoms with Crippen LogP contribution in [-0.2, 0) is 11.3 Å². The average molecular weight is 410 g/mol. The van der Waals surface area contributed by atoms with E-state index in [9.17, 15) is 4.79 Å². The van der Waals surface area contributed by atoms with Crippen LogP contribution in [0.25, 0.3) is 0 Å². The summed E-state index contributed by atoms with van der Waals surface area (Å²) >= 11 is 0. The summed E-state index contributed by atoms with van der Waals surface area (Å²) in [5.41, 5.74) is 2.66. The second-order valence-electron chi connectivity index (χ2n) is 8.09. The van der Waals surface area contributed by atoms with Gasteiger partial charge in [-0.05, 0) is 54.8 Å². The number of carbonyl (C=O) groups is 1. The molecule has 1 atom stereocenters. The van der Waals surface area contributed by atoms with Gasteiger partial charge in [-0.1, -0.05) is 12.1 Å². The van der Waals surface area contributed by atoms with E-state index < -0.39 is 0 Å². The monoisotopic (exact) mass is 409 g/mol. The third kappa shape index (κ3) is 5.59. The lowest BCUT2D eigenvalue weighted by molar-refractivity contribution is 0.0489. The fourth-order valence-corrected chi connectivity index (χ4v) is 4.10. The van der Waals surface area contributed by atoms with E-state index in [0.29, 0.717) is 11.7 Å². The van der Waals surface area contributed by atoms with Crippen LogP contribution in [0.3, 0.4) is 0 Å². The largest absolute Gasteiger partial charge is 0.497 e. The van der Waals surface area contributed by atoms with Crippen molar-refractivity contribution < 1.29 is 14.3 Å². The summed E-state index contributed by atoms with van der Waals surface area (Å²) < 4.78 is 10.9. The van der Waals surface area contributed by atoms with Crippen LogP contribution in [0.4, 0.5) is 5.69 Å². The summed E-state index contributed by atoms with van der Waals surface area (Å²) in [6.07, 6.45) is 2.85. The molecule has 0 bridgehead atoms. The number of piperazine rings is 1. The molecule has 1 amide bonds. The van der Waals surface area contributed by atoms with Crippen LogP contribution in [0.2, 0.25) is 0 Å². The van der Waals surface area contributed by atoms with Crippen LogP contribution in [-0.4, -0.2) is 68.3 Å². The molecule has 30 heavy (non-hydrogen) atoms. The number of rotatable bonds is 7. The summed E-state index contributed by atoms with van der Waals surface area (Å²) in [5, 5.41) is 2.92. The third-order valence-electron chi connectivity index (χ3n) is 5.92. The molecule has 2 aliphatic rings. The molecule has 2 fully saturated rings. The number of anilines is 1. The van der Waals surface area contributed by atoms with E-state index in [1.807, 2.05) is 36.4 Å². The van der Waals surface area contributed by atoms with Gasteiger partial charge >= 0.3 is 0 Å². The fourth-order valence-electron chi connectivity index (χ4n) is 4.10. The number of methoxy groups -OCH3 is 1. The Morgan fingerprint density at radius 2 is 1.73 bits per heavy atom. The van der Waals surface area contributed by atoms with Gasteiger partial charge in [0.05, 0.1) is 13.2 Å². The summed E-state index contributed by atoms with van der Waals surface area (Å²) in [4.78, 5) is 17.5. The van der Waals surface area contributed by atoms with Crippen LogP contribution in [0.15, 0.2) is 48.5 Å². The van der Waals surface area contributed by atoms with Crippen molar-refractivity contribution >= 4 is 11.6 Å². The van der Waals surface area contributed by atoms with E-state index in [1.165, 1.54) is 18.4 Å². The first-order chi connectivity index (χ1) is 14.7. The van der Waals surface area contributed by atoms with Gasteiger partial charge in [-0.25, -0.2) is 0 Å². The van der Waals surface area contributed by atoms with Crippen molar-refractivity contribution in [2.45, 2.75) is 25.5 Å². The van der Waals surface area contributed by atoms with Gasteiger partial charge in [-0.2, -0.15) is 0 Å². The Morgan fingerprint density at radius 1 is 1.03 bits per heavy atom. The van der Waals surface area contributed by atoms with Crippen LogP contribution in [0.1, 0.15) is 28.8 Å². The number of ether oxygens (including phenoxy) is 2. The van der Waals surface area contributed by atoms with Crippen molar-refractivity contribution in [2.24, 2.45) is 0 Å². The number of hydrogen-bond acceptors (Lipinski definition) is 5. The van der Waals surface area contributed by atoms with Crippen molar-refractivity contribution in [2.75, 3.05) is 51.8 Å². The first-order valence-electron chi connectivity index (χ1n) is 10.8. The number of carbonyl (C=O) groups excluding carboxylic acids is 1. The first kappa shape index (κ1) is 20.8. The van der Waals surface area contributed by atoms with Crippen LogP contribution in [0, 0.1) is 0 Å². The Labute approximate surface area is 178 Å². The third-order valence-corrected chi connectivity index (χ3v) is 5.92. The zero-order valence-corrected chi connectivity index (χ0v) is 17.7. The SMILES string of the molecule is COc1ccc(NC(=O)c2ccc(CN3CCN(C[C@@H]4CCCO4)CC3)cc2)cc1. The molecular formula is C24H31N3O3. The molecule has 2 aromatic carbocycles. The van der Waals surface area contributed by atoms with Crippen molar-refractivity contribution in [3.63, 3.8) is 0 Å². The van der Waals surface area contributed by atoms with Gasteiger partial charge in [-0.15, -0.1) is 0 Å². The van der Waals surface area contributed by atoms with Crippen LogP contribution >= 0.6 is 0 Å².